The van der Waals surface area contributed by atoms with Gasteiger partial charge in [-0.1, -0.05) is 99.9 Å². The Hall–Kier alpha value is -1.28. The van der Waals surface area contributed by atoms with Crippen molar-refractivity contribution in [1.82, 2.24) is 0 Å². The zero-order chi connectivity index (χ0) is 23.6. The van der Waals surface area contributed by atoms with E-state index in [1.807, 2.05) is 0 Å². The third-order valence-electron chi connectivity index (χ3n) is 8.39. The number of halogens is 1. The maximum Gasteiger partial charge on any atom is 0.373 e. The average molecular weight is 471 g/mol. The smallest absolute Gasteiger partial charge is 0.325 e. The molecule has 2 aliphatic rings. The van der Waals surface area contributed by atoms with Gasteiger partial charge in [0.25, 0.3) is 0 Å². The molecule has 33 heavy (non-hydrogen) atoms. The van der Waals surface area contributed by atoms with Crippen LogP contribution in [-0.4, -0.2) is 4.89 Å². The van der Waals surface area contributed by atoms with Crippen molar-refractivity contribution in [3.05, 3.63) is 69.8 Å². The second-order valence-electron chi connectivity index (χ2n) is 11.1. The number of hydrogen-bond donors (Lipinski definition) is 1. The van der Waals surface area contributed by atoms with Gasteiger partial charge in [-0.2, -0.15) is 4.20 Å². The Bertz CT molecular complexity index is 885. The normalized spacial score (nSPS) is 21.2. The van der Waals surface area contributed by atoms with Crippen molar-refractivity contribution in [1.29, 1.82) is 0 Å². The lowest BCUT2D eigenvalue weighted by molar-refractivity contribution is 0.213. The van der Waals surface area contributed by atoms with Gasteiger partial charge < -0.3 is 4.89 Å². The summed E-state index contributed by atoms with van der Waals surface area (Å²) < 4.78 is 20.0. The Morgan fingerprint density at radius 2 is 1.15 bits per heavy atom. The summed E-state index contributed by atoms with van der Waals surface area (Å²) in [6.45, 7) is 8.97. The quantitative estimate of drug-likeness (QED) is 0.427. The van der Waals surface area contributed by atoms with E-state index in [1.165, 1.54) is 60.8 Å². The molecule has 1 unspecified atom stereocenters. The zero-order valence-electron chi connectivity index (χ0n) is 20.8. The molecule has 0 aromatic heterocycles. The molecule has 0 radical (unpaired) electrons. The molecule has 4 heteroatoms. The van der Waals surface area contributed by atoms with Crippen LogP contribution in [0.2, 0.25) is 0 Å². The first-order valence-electron chi connectivity index (χ1n) is 12.8. The van der Waals surface area contributed by atoms with E-state index in [4.69, 9.17) is 4.52 Å². The summed E-state index contributed by atoms with van der Waals surface area (Å²) in [7, 11) is -3.00. The molecule has 0 amide bonds. The lowest BCUT2D eigenvalue weighted by atomic mass is 9.66. The van der Waals surface area contributed by atoms with Crippen LogP contribution in [0.3, 0.4) is 0 Å². The summed E-state index contributed by atoms with van der Waals surface area (Å²) >= 11 is 0. The highest BCUT2D eigenvalue weighted by molar-refractivity contribution is 7.40. The highest BCUT2D eigenvalue weighted by Gasteiger charge is 2.37. The Balaban J connectivity index is 1.88. The van der Waals surface area contributed by atoms with Crippen molar-refractivity contribution >= 4 is 8.69 Å². The van der Waals surface area contributed by atoms with E-state index in [1.54, 1.807) is 0 Å². The Labute approximate surface area is 201 Å². The molecular formula is C29H40FO2P. The van der Waals surface area contributed by atoms with Gasteiger partial charge in [-0.25, -0.2) is 0 Å². The average Bonchev–Trinajstić information content (AvgIpc) is 2.79. The minimum Gasteiger partial charge on any atom is -0.325 e. The standard InChI is InChI=1S/C29H40FO2P/c1-21-11-13-23(25(19-21)28(3)15-7-5-8-16-28)27(32-33(30)31)24-14-12-22(2)20-26(24)29(4)17-9-6-10-18-29/h11-14,19-20,27,31H,5-10,15-18H2,1-4H3. The third kappa shape index (κ3) is 5.37. The van der Waals surface area contributed by atoms with Crippen LogP contribution in [0, 0.1) is 13.8 Å². The molecule has 180 valence electrons. The van der Waals surface area contributed by atoms with Crippen LogP contribution in [-0.2, 0) is 15.4 Å². The van der Waals surface area contributed by atoms with Crippen molar-refractivity contribution in [2.24, 2.45) is 0 Å². The van der Waals surface area contributed by atoms with Gasteiger partial charge in [0.05, 0.1) is 0 Å². The van der Waals surface area contributed by atoms with Crippen LogP contribution in [0.4, 0.5) is 4.20 Å². The van der Waals surface area contributed by atoms with Gasteiger partial charge in [-0.05, 0) is 72.6 Å². The van der Waals surface area contributed by atoms with Gasteiger partial charge in [0.1, 0.15) is 6.10 Å². The number of benzene rings is 2. The molecule has 2 aliphatic carbocycles. The van der Waals surface area contributed by atoms with Gasteiger partial charge in [0.2, 0.25) is 0 Å². The van der Waals surface area contributed by atoms with Crippen molar-refractivity contribution in [2.45, 2.75) is 109 Å². The van der Waals surface area contributed by atoms with Crippen molar-refractivity contribution in [3.63, 3.8) is 0 Å². The second-order valence-corrected chi connectivity index (χ2v) is 11.8. The number of rotatable bonds is 6. The Morgan fingerprint density at radius 3 is 1.52 bits per heavy atom. The molecule has 0 bridgehead atoms. The molecule has 0 saturated heterocycles. The van der Waals surface area contributed by atoms with Crippen LogP contribution in [0.25, 0.3) is 0 Å². The Morgan fingerprint density at radius 1 is 0.758 bits per heavy atom. The van der Waals surface area contributed by atoms with E-state index in [9.17, 15) is 9.09 Å². The molecule has 2 nitrogen and oxygen atoms in total. The minimum absolute atomic E-state index is 0.0509. The molecule has 1 N–H and O–H groups in total. The molecule has 2 aromatic rings. The predicted octanol–water partition coefficient (Wildman–Crippen LogP) is 9.04. The molecule has 2 saturated carbocycles. The van der Waals surface area contributed by atoms with Gasteiger partial charge in [0, 0.05) is 0 Å². The van der Waals surface area contributed by atoms with E-state index in [0.29, 0.717) is 0 Å². The summed E-state index contributed by atoms with van der Waals surface area (Å²) in [5.74, 6) is 0. The van der Waals surface area contributed by atoms with E-state index in [2.05, 4.69) is 64.1 Å². The number of hydrogen-bond acceptors (Lipinski definition) is 2. The van der Waals surface area contributed by atoms with Crippen molar-refractivity contribution in [2.75, 3.05) is 0 Å². The van der Waals surface area contributed by atoms with E-state index >= 15 is 0 Å². The van der Waals surface area contributed by atoms with Gasteiger partial charge in [-0.15, -0.1) is 0 Å². The molecule has 1 atom stereocenters. The van der Waals surface area contributed by atoms with Crippen LogP contribution < -0.4 is 0 Å². The lowest BCUT2D eigenvalue weighted by Crippen LogP contribution is -2.30. The molecule has 4 rings (SSSR count). The predicted molar refractivity (Wildman–Crippen MR) is 136 cm³/mol. The highest BCUT2D eigenvalue weighted by Crippen LogP contribution is 2.51. The van der Waals surface area contributed by atoms with E-state index in [0.717, 1.165) is 36.8 Å². The molecule has 0 heterocycles. The second kappa shape index (κ2) is 10.1. The largest absolute Gasteiger partial charge is 0.373 e. The first kappa shape index (κ1) is 24.8. The first-order chi connectivity index (χ1) is 15.7. The van der Waals surface area contributed by atoms with Crippen LogP contribution in [0.15, 0.2) is 36.4 Å². The monoisotopic (exact) mass is 470 g/mol. The molecule has 2 fully saturated rings. The summed E-state index contributed by atoms with van der Waals surface area (Å²) in [5.41, 5.74) is 7.12. The van der Waals surface area contributed by atoms with Crippen LogP contribution in [0.5, 0.6) is 0 Å². The summed E-state index contributed by atoms with van der Waals surface area (Å²) in [6, 6.07) is 13.0. The lowest BCUT2D eigenvalue weighted by Gasteiger charge is -2.39. The van der Waals surface area contributed by atoms with Gasteiger partial charge in [-0.3, -0.25) is 4.52 Å². The van der Waals surface area contributed by atoms with Gasteiger partial charge >= 0.3 is 8.69 Å². The SMILES string of the molecule is Cc1ccc(C(OP(O)F)c2ccc(C)cc2C2(C)CCCCC2)c(C2(C)CCCCC2)c1. The fourth-order valence-electron chi connectivity index (χ4n) is 6.41. The van der Waals surface area contributed by atoms with Crippen molar-refractivity contribution < 1.29 is 13.6 Å². The fourth-order valence-corrected chi connectivity index (χ4v) is 6.81. The van der Waals surface area contributed by atoms with E-state index < -0.39 is 14.8 Å². The zero-order valence-corrected chi connectivity index (χ0v) is 21.7. The minimum atomic E-state index is -3.00. The molecule has 2 aromatic carbocycles. The topological polar surface area (TPSA) is 29.5 Å². The molecular weight excluding hydrogens is 430 g/mol. The highest BCUT2D eigenvalue weighted by atomic mass is 31.2. The van der Waals surface area contributed by atoms with Crippen molar-refractivity contribution in [3.8, 4) is 0 Å². The molecule has 0 aliphatic heterocycles. The summed E-state index contributed by atoms with van der Waals surface area (Å²) in [4.78, 5) is 9.86. The van der Waals surface area contributed by atoms with E-state index in [-0.39, 0.29) is 10.8 Å². The summed E-state index contributed by atoms with van der Waals surface area (Å²) in [5, 5.41) is 0. The maximum atomic E-state index is 14.2. The first-order valence-corrected chi connectivity index (χ1v) is 13.9. The maximum absolute atomic E-state index is 14.2. The Kier molecular flexibility index (Phi) is 7.63. The molecule has 0 spiro atoms. The van der Waals surface area contributed by atoms with Crippen LogP contribution in [0.1, 0.15) is 118 Å². The number of aryl methyl sites for hydroxylation is 2. The van der Waals surface area contributed by atoms with Crippen LogP contribution >= 0.6 is 8.69 Å². The fraction of sp³-hybridized carbons (Fsp3) is 0.586. The third-order valence-corrected chi connectivity index (χ3v) is 8.77. The van der Waals surface area contributed by atoms with Gasteiger partial charge in [0.15, 0.2) is 0 Å². The summed E-state index contributed by atoms with van der Waals surface area (Å²) in [6.07, 6.45) is 11.4.